The van der Waals surface area contributed by atoms with E-state index in [0.717, 1.165) is 13.0 Å². The number of fused-ring (bicyclic) bond motifs is 1. The smallest absolute Gasteiger partial charge is 0.433 e. The van der Waals surface area contributed by atoms with E-state index in [1.807, 2.05) is 0 Å². The Kier molecular flexibility index (Phi) is 6.39. The van der Waals surface area contributed by atoms with E-state index >= 15 is 0 Å². The number of nitrogens with zero attached hydrogens (tertiary/aromatic N) is 2. The van der Waals surface area contributed by atoms with Crippen LogP contribution < -0.4 is 0 Å². The minimum atomic E-state index is -5.05. The van der Waals surface area contributed by atoms with Gasteiger partial charge in [-0.05, 0) is 31.4 Å². The van der Waals surface area contributed by atoms with Gasteiger partial charge in [0.2, 0.25) is 5.91 Å². The minimum Gasteiger partial charge on any atom is -0.455 e. The molecule has 2 unspecified atom stereocenters. The molecule has 0 N–H and O–H groups in total. The summed E-state index contributed by atoms with van der Waals surface area (Å²) in [5, 5.41) is -0.229. The summed E-state index contributed by atoms with van der Waals surface area (Å²) in [6.07, 6.45) is -9.84. The van der Waals surface area contributed by atoms with Crippen molar-refractivity contribution in [1.29, 1.82) is 0 Å². The monoisotopic (exact) mass is 462 g/mol. The number of amides is 1. The molecule has 2 aromatic rings. The van der Waals surface area contributed by atoms with Gasteiger partial charge in [0.25, 0.3) is 0 Å². The first-order chi connectivity index (χ1) is 14.8. The molecule has 1 saturated heterocycles. The molecule has 2 heterocycles. The Hall–Kier alpha value is -2.85. The number of piperidine rings is 1. The molecule has 3 rings (SSSR count). The van der Waals surface area contributed by atoms with Gasteiger partial charge in [-0.3, -0.25) is 9.59 Å². The van der Waals surface area contributed by atoms with Crippen molar-refractivity contribution >= 4 is 22.8 Å². The summed E-state index contributed by atoms with van der Waals surface area (Å²) in [5.74, 6) is -1.22. The largest absolute Gasteiger partial charge is 0.455 e. The van der Waals surface area contributed by atoms with E-state index in [4.69, 9.17) is 4.74 Å². The van der Waals surface area contributed by atoms with Crippen LogP contribution in [0.3, 0.4) is 0 Å². The Labute approximate surface area is 179 Å². The highest BCUT2D eigenvalue weighted by molar-refractivity contribution is 5.87. The van der Waals surface area contributed by atoms with Crippen LogP contribution in [0.1, 0.15) is 56.0 Å². The maximum Gasteiger partial charge on any atom is 0.433 e. The van der Waals surface area contributed by atoms with E-state index in [1.165, 1.54) is 17.9 Å². The zero-order valence-corrected chi connectivity index (χ0v) is 17.2. The second-order valence-corrected chi connectivity index (χ2v) is 7.60. The van der Waals surface area contributed by atoms with E-state index in [2.05, 4.69) is 4.98 Å². The molecule has 0 spiro atoms. The molecule has 1 fully saturated rings. The lowest BCUT2D eigenvalue weighted by Crippen LogP contribution is -2.46. The van der Waals surface area contributed by atoms with Crippen LogP contribution >= 0.6 is 0 Å². The van der Waals surface area contributed by atoms with Crippen LogP contribution in [0, 0.1) is 0 Å². The molecule has 0 bridgehead atoms. The van der Waals surface area contributed by atoms with Gasteiger partial charge in [0.1, 0.15) is 11.8 Å². The van der Waals surface area contributed by atoms with Crippen LogP contribution in [0.4, 0.5) is 26.3 Å². The molecule has 32 heavy (non-hydrogen) atoms. The third-order valence-corrected chi connectivity index (χ3v) is 5.37. The Bertz CT molecular complexity index is 1030. The van der Waals surface area contributed by atoms with E-state index in [9.17, 15) is 35.9 Å². The molecule has 174 valence electrons. The molecular weight excluding hydrogens is 442 g/mol. The molecule has 0 radical (unpaired) electrons. The molecule has 1 aromatic heterocycles. The number of rotatable bonds is 3. The van der Waals surface area contributed by atoms with Crippen molar-refractivity contribution in [3.05, 3.63) is 41.1 Å². The van der Waals surface area contributed by atoms with Gasteiger partial charge in [-0.15, -0.1) is 0 Å². The number of likely N-dealkylation sites (tertiary alicyclic amines) is 1. The molecule has 1 amide bonds. The number of hydrogen-bond donors (Lipinski definition) is 0. The molecule has 5 nitrogen and oxygen atoms in total. The highest BCUT2D eigenvalue weighted by atomic mass is 19.4. The van der Waals surface area contributed by atoms with Crippen LogP contribution in [0.25, 0.3) is 10.9 Å². The molecule has 11 heteroatoms. The van der Waals surface area contributed by atoms with Crippen LogP contribution in [-0.4, -0.2) is 34.3 Å². The van der Waals surface area contributed by atoms with Gasteiger partial charge in [0, 0.05) is 31.3 Å². The number of hydrogen-bond acceptors (Lipinski definition) is 4. The maximum absolute atomic E-state index is 13.6. The van der Waals surface area contributed by atoms with Gasteiger partial charge in [-0.25, -0.2) is 4.98 Å². The lowest BCUT2D eigenvalue weighted by molar-refractivity contribution is -0.155. The summed E-state index contributed by atoms with van der Waals surface area (Å²) in [6.45, 7) is 2.61. The normalized spacial score (nSPS) is 18.5. The zero-order valence-electron chi connectivity index (χ0n) is 17.2. The molecular formula is C21H20F6N2O3. The zero-order chi connectivity index (χ0) is 23.8. The number of carbonyl (C=O) groups is 2. The van der Waals surface area contributed by atoms with Crippen molar-refractivity contribution in [1.82, 2.24) is 9.88 Å². The van der Waals surface area contributed by atoms with Crippen molar-refractivity contribution in [2.24, 2.45) is 0 Å². The number of carbonyl (C=O) groups excluding carboxylic acids is 2. The fourth-order valence-corrected chi connectivity index (χ4v) is 4.08. The predicted molar refractivity (Wildman–Crippen MR) is 101 cm³/mol. The summed E-state index contributed by atoms with van der Waals surface area (Å²) >= 11 is 0. The third-order valence-electron chi connectivity index (χ3n) is 5.37. The molecule has 2 atom stereocenters. The lowest BCUT2D eigenvalue weighted by Gasteiger charge is -2.39. The van der Waals surface area contributed by atoms with Gasteiger partial charge < -0.3 is 9.64 Å². The van der Waals surface area contributed by atoms with Crippen molar-refractivity contribution in [2.45, 2.75) is 57.6 Å². The van der Waals surface area contributed by atoms with Crippen LogP contribution in [-0.2, 0) is 26.7 Å². The molecule has 0 aliphatic carbocycles. The summed E-state index contributed by atoms with van der Waals surface area (Å²) in [7, 11) is 0. The minimum absolute atomic E-state index is 0.229. The van der Waals surface area contributed by atoms with E-state index < -0.39 is 47.2 Å². The second kappa shape index (κ2) is 8.59. The highest BCUT2D eigenvalue weighted by Crippen LogP contribution is 2.42. The van der Waals surface area contributed by atoms with E-state index in [-0.39, 0.29) is 16.9 Å². The van der Waals surface area contributed by atoms with Crippen LogP contribution in [0.2, 0.25) is 0 Å². The van der Waals surface area contributed by atoms with Crippen molar-refractivity contribution in [2.75, 3.05) is 6.54 Å². The van der Waals surface area contributed by atoms with Gasteiger partial charge in [0.15, 0.2) is 0 Å². The van der Waals surface area contributed by atoms with Gasteiger partial charge in [0.05, 0.1) is 17.1 Å². The predicted octanol–water partition coefficient (Wildman–Crippen LogP) is 5.28. The quantitative estimate of drug-likeness (QED) is 0.460. The molecule has 1 aliphatic heterocycles. The standard InChI is InChI=1S/C21H20F6N2O3/c1-11(30)29-9-4-3-8-16(29)19(32-12(2)31)14-10-17(21(25,26)27)28-18-13(14)6-5-7-15(18)20(22,23)24/h5-7,10,16,19H,3-4,8-9H2,1-2H3. The van der Waals surface area contributed by atoms with Gasteiger partial charge in [-0.2, -0.15) is 26.3 Å². The summed E-state index contributed by atoms with van der Waals surface area (Å²) in [6, 6.07) is 2.67. The average Bonchev–Trinajstić information content (AvgIpc) is 2.69. The SMILES string of the molecule is CC(=O)OC(c1cc(C(F)(F)F)nc2c(C(F)(F)F)cccc12)C1CCCCN1C(C)=O. The second-order valence-electron chi connectivity index (χ2n) is 7.60. The molecule has 0 saturated carbocycles. The summed E-state index contributed by atoms with van der Waals surface area (Å²) < 4.78 is 86.7. The maximum atomic E-state index is 13.6. The number of benzene rings is 1. The van der Waals surface area contributed by atoms with Crippen molar-refractivity contribution in [3.63, 3.8) is 0 Å². The van der Waals surface area contributed by atoms with Gasteiger partial charge >= 0.3 is 18.3 Å². The molecule has 1 aliphatic rings. The van der Waals surface area contributed by atoms with E-state index in [1.54, 1.807) is 0 Å². The topological polar surface area (TPSA) is 59.5 Å². The van der Waals surface area contributed by atoms with Gasteiger partial charge in [-0.1, -0.05) is 12.1 Å². The van der Waals surface area contributed by atoms with Crippen LogP contribution in [0.5, 0.6) is 0 Å². The Morgan fingerprint density at radius 3 is 2.34 bits per heavy atom. The fourth-order valence-electron chi connectivity index (χ4n) is 4.08. The third kappa shape index (κ3) is 4.81. The summed E-state index contributed by atoms with van der Waals surface area (Å²) in [4.78, 5) is 28.6. The summed E-state index contributed by atoms with van der Waals surface area (Å²) in [5.41, 5.74) is -4.05. The number of pyridine rings is 1. The van der Waals surface area contributed by atoms with E-state index in [0.29, 0.717) is 37.9 Å². The molecule has 1 aromatic carbocycles. The highest BCUT2D eigenvalue weighted by Gasteiger charge is 2.41. The van der Waals surface area contributed by atoms with Crippen LogP contribution in [0.15, 0.2) is 24.3 Å². The van der Waals surface area contributed by atoms with Crippen molar-refractivity contribution < 1.29 is 40.7 Å². The first kappa shape index (κ1) is 23.8. The van der Waals surface area contributed by atoms with Crippen molar-refractivity contribution in [3.8, 4) is 0 Å². The first-order valence-corrected chi connectivity index (χ1v) is 9.83. The Morgan fingerprint density at radius 2 is 1.78 bits per heavy atom. The number of esters is 1. The number of para-hydroxylation sites is 1. The Morgan fingerprint density at radius 1 is 1.09 bits per heavy atom. The number of halogens is 6. The first-order valence-electron chi connectivity index (χ1n) is 9.83. The number of ether oxygens (including phenoxy) is 1. The average molecular weight is 462 g/mol. The number of alkyl halides is 6. The fraction of sp³-hybridized carbons (Fsp3) is 0.476. The Balaban J connectivity index is 2.33. The lowest BCUT2D eigenvalue weighted by atomic mass is 9.90. The number of aromatic nitrogens is 1.